The molecule has 1 aliphatic rings. The van der Waals surface area contributed by atoms with Crippen LogP contribution in [0.4, 0.5) is 0 Å². The average Bonchev–Trinajstić information content (AvgIpc) is 2.06. The van der Waals surface area contributed by atoms with Crippen molar-refractivity contribution in [3.05, 3.63) is 0 Å². The quantitative estimate of drug-likeness (QED) is 0.641. The average molecular weight is 300 g/mol. The number of halogens is 2. The Balaban J connectivity index is 3.12. The zero-order valence-corrected chi connectivity index (χ0v) is 10.7. The van der Waals surface area contributed by atoms with Crippen molar-refractivity contribution >= 4 is 38.2 Å². The van der Waals surface area contributed by atoms with Crippen LogP contribution in [0.5, 0.6) is 0 Å². The highest BCUT2D eigenvalue weighted by Crippen LogP contribution is 2.42. The highest BCUT2D eigenvalue weighted by Gasteiger charge is 2.55. The van der Waals surface area contributed by atoms with Gasteiger partial charge in [-0.3, -0.25) is 8.72 Å². The molecular weight excluding hydrogens is 288 g/mol. The molecule has 12 heavy (non-hydrogen) atoms. The number of hydrogen-bond donors (Lipinski definition) is 0. The summed E-state index contributed by atoms with van der Waals surface area (Å²) < 4.78 is 3.43. The van der Waals surface area contributed by atoms with Crippen molar-refractivity contribution in [3.8, 4) is 0 Å². The van der Waals surface area contributed by atoms with Gasteiger partial charge < -0.3 is 0 Å². The minimum atomic E-state index is -0.493. The zero-order chi connectivity index (χ0) is 9.73. The number of amides is 1. The molecule has 0 aromatic heterocycles. The molecule has 0 spiro atoms. The summed E-state index contributed by atoms with van der Waals surface area (Å²) in [6.45, 7) is 7.69. The molecule has 0 aromatic rings. The van der Waals surface area contributed by atoms with Gasteiger partial charge in [0.1, 0.15) is 11.2 Å². The third-order valence-corrected chi connectivity index (χ3v) is 5.10. The van der Waals surface area contributed by atoms with Crippen molar-refractivity contribution in [3.63, 3.8) is 0 Å². The van der Waals surface area contributed by atoms with Crippen LogP contribution in [0.2, 0.25) is 0 Å². The summed E-state index contributed by atoms with van der Waals surface area (Å²) in [6, 6.07) is 0. The van der Waals surface area contributed by atoms with Crippen molar-refractivity contribution in [2.24, 2.45) is 0 Å². The molecule has 0 saturated carbocycles. The Labute approximate surface area is 89.8 Å². The molecule has 1 fully saturated rings. The van der Waals surface area contributed by atoms with Crippen LogP contribution in [0, 0.1) is 0 Å². The second-order valence-corrected chi connectivity index (χ2v) is 5.34. The summed E-state index contributed by atoms with van der Waals surface area (Å²) in [5.74, 6) is 0.0596. The predicted octanol–water partition coefficient (Wildman–Crippen LogP) is 2.27. The number of rotatable bonds is 0. The standard InChI is InChI=1S/C7H12Br2N2O/c1-6(2)5(12)10(8)7(3,4)11(6)9/h1-4H3. The molecule has 70 valence electrons. The monoisotopic (exact) mass is 298 g/mol. The second kappa shape index (κ2) is 2.69. The molecule has 0 bridgehead atoms. The molecule has 1 amide bonds. The third-order valence-electron chi connectivity index (χ3n) is 2.15. The first-order valence-electron chi connectivity index (χ1n) is 3.69. The molecule has 0 aliphatic carbocycles. The first kappa shape index (κ1) is 10.5. The van der Waals surface area contributed by atoms with E-state index in [0.717, 1.165) is 0 Å². The molecule has 0 aromatic carbocycles. The van der Waals surface area contributed by atoms with Gasteiger partial charge in [0.15, 0.2) is 0 Å². The topological polar surface area (TPSA) is 23.6 Å². The molecule has 3 nitrogen and oxygen atoms in total. The van der Waals surface area contributed by atoms with E-state index in [-0.39, 0.29) is 11.6 Å². The number of carbonyl (C=O) groups is 1. The Morgan fingerprint density at radius 3 is 1.67 bits per heavy atom. The Morgan fingerprint density at radius 1 is 1.17 bits per heavy atom. The second-order valence-electron chi connectivity index (χ2n) is 3.92. The van der Waals surface area contributed by atoms with Gasteiger partial charge in [-0.2, -0.15) is 0 Å². The van der Waals surface area contributed by atoms with E-state index in [1.165, 1.54) is 0 Å². The summed E-state index contributed by atoms with van der Waals surface area (Å²) in [4.78, 5) is 11.7. The van der Waals surface area contributed by atoms with Gasteiger partial charge in [-0.1, -0.05) is 0 Å². The summed E-state index contributed by atoms with van der Waals surface area (Å²) in [5.41, 5.74) is -0.826. The minimum Gasteiger partial charge on any atom is -0.272 e. The van der Waals surface area contributed by atoms with Gasteiger partial charge in [-0.05, 0) is 27.7 Å². The van der Waals surface area contributed by atoms with Crippen LogP contribution in [-0.4, -0.2) is 25.0 Å². The fourth-order valence-electron chi connectivity index (χ4n) is 1.33. The van der Waals surface area contributed by atoms with Crippen molar-refractivity contribution in [2.45, 2.75) is 38.9 Å². The maximum absolute atomic E-state index is 11.7. The van der Waals surface area contributed by atoms with Crippen molar-refractivity contribution < 1.29 is 4.79 Å². The fourth-order valence-corrected chi connectivity index (χ4v) is 2.45. The van der Waals surface area contributed by atoms with E-state index >= 15 is 0 Å². The lowest BCUT2D eigenvalue weighted by Gasteiger charge is -2.32. The van der Waals surface area contributed by atoms with E-state index in [2.05, 4.69) is 32.3 Å². The highest BCUT2D eigenvalue weighted by atomic mass is 79.9. The molecule has 0 radical (unpaired) electrons. The molecule has 0 atom stereocenters. The molecular formula is C7H12Br2N2O. The summed E-state index contributed by atoms with van der Waals surface area (Å²) in [5, 5.41) is 0. The maximum atomic E-state index is 11.7. The largest absolute Gasteiger partial charge is 0.272 e. The predicted molar refractivity (Wildman–Crippen MR) is 54.7 cm³/mol. The number of nitrogens with zero attached hydrogens (tertiary/aromatic N) is 2. The lowest BCUT2D eigenvalue weighted by atomic mass is 10.1. The van der Waals surface area contributed by atoms with Crippen LogP contribution < -0.4 is 0 Å². The van der Waals surface area contributed by atoms with Crippen molar-refractivity contribution in [1.29, 1.82) is 0 Å². The van der Waals surface area contributed by atoms with E-state index < -0.39 is 5.54 Å². The third kappa shape index (κ3) is 1.14. The molecule has 0 N–H and O–H groups in total. The summed E-state index contributed by atoms with van der Waals surface area (Å²) >= 11 is 6.66. The number of hydrogen-bond acceptors (Lipinski definition) is 2. The Hall–Kier alpha value is 0.390. The molecule has 1 saturated heterocycles. The van der Waals surface area contributed by atoms with Crippen LogP contribution >= 0.6 is 32.3 Å². The first-order valence-corrected chi connectivity index (χ1v) is 5.11. The van der Waals surface area contributed by atoms with Crippen LogP contribution in [0.3, 0.4) is 0 Å². The van der Waals surface area contributed by atoms with Crippen LogP contribution in [0.1, 0.15) is 27.7 Å². The Kier molecular flexibility index (Phi) is 2.34. The van der Waals surface area contributed by atoms with E-state index in [9.17, 15) is 4.79 Å². The van der Waals surface area contributed by atoms with Gasteiger partial charge in [0, 0.05) is 16.1 Å². The highest BCUT2D eigenvalue weighted by molar-refractivity contribution is 9.08. The minimum absolute atomic E-state index is 0.0596. The van der Waals surface area contributed by atoms with E-state index in [0.29, 0.717) is 0 Å². The molecule has 5 heteroatoms. The maximum Gasteiger partial charge on any atom is 0.254 e. The SMILES string of the molecule is CC1(C)C(=O)N(Br)C(C)(C)N1Br. The lowest BCUT2D eigenvalue weighted by Crippen LogP contribution is -2.43. The normalized spacial score (nSPS) is 28.2. The lowest BCUT2D eigenvalue weighted by molar-refractivity contribution is -0.128. The van der Waals surface area contributed by atoms with Gasteiger partial charge in [0.05, 0.1) is 16.1 Å². The van der Waals surface area contributed by atoms with Crippen LogP contribution in [0.25, 0.3) is 0 Å². The van der Waals surface area contributed by atoms with Crippen LogP contribution in [-0.2, 0) is 4.79 Å². The van der Waals surface area contributed by atoms with E-state index in [1.807, 2.05) is 31.6 Å². The van der Waals surface area contributed by atoms with Gasteiger partial charge in [-0.15, -0.1) is 0 Å². The first-order chi connectivity index (χ1) is 5.22. The smallest absolute Gasteiger partial charge is 0.254 e. The fraction of sp³-hybridized carbons (Fsp3) is 0.857. The molecule has 1 rings (SSSR count). The number of carbonyl (C=O) groups excluding carboxylic acids is 1. The molecule has 0 unspecified atom stereocenters. The van der Waals surface area contributed by atoms with Crippen molar-refractivity contribution in [2.75, 3.05) is 0 Å². The van der Waals surface area contributed by atoms with Gasteiger partial charge >= 0.3 is 0 Å². The van der Waals surface area contributed by atoms with Crippen molar-refractivity contribution in [1.82, 2.24) is 7.85 Å². The van der Waals surface area contributed by atoms with Gasteiger partial charge in [0.2, 0.25) is 0 Å². The molecule has 1 aliphatic heterocycles. The molecule has 1 heterocycles. The Morgan fingerprint density at radius 2 is 1.58 bits per heavy atom. The van der Waals surface area contributed by atoms with Gasteiger partial charge in [0.25, 0.3) is 5.91 Å². The van der Waals surface area contributed by atoms with Gasteiger partial charge in [-0.25, -0.2) is 3.93 Å². The summed E-state index contributed by atoms with van der Waals surface area (Å²) in [7, 11) is 0. The van der Waals surface area contributed by atoms with E-state index in [1.54, 1.807) is 3.93 Å². The van der Waals surface area contributed by atoms with Crippen LogP contribution in [0.15, 0.2) is 0 Å². The summed E-state index contributed by atoms with van der Waals surface area (Å²) in [6.07, 6.45) is 0. The Bertz CT molecular complexity index is 227. The zero-order valence-electron chi connectivity index (χ0n) is 7.56. The van der Waals surface area contributed by atoms with E-state index in [4.69, 9.17) is 0 Å².